The fourth-order valence-electron chi connectivity index (χ4n) is 3.86. The van der Waals surface area contributed by atoms with Gasteiger partial charge in [0.05, 0.1) is 5.56 Å². The van der Waals surface area contributed by atoms with Crippen LogP contribution in [0.3, 0.4) is 0 Å². The van der Waals surface area contributed by atoms with Crippen molar-refractivity contribution < 1.29 is 4.79 Å². The fourth-order valence-corrected chi connectivity index (χ4v) is 3.86. The monoisotopic (exact) mass is 376 g/mol. The zero-order valence-electron chi connectivity index (χ0n) is 16.3. The molecule has 2 aromatic rings. The van der Waals surface area contributed by atoms with E-state index < -0.39 is 0 Å². The Balaban J connectivity index is 1.26. The number of carbonyl (C=O) groups excluding carboxylic acids is 1. The van der Waals surface area contributed by atoms with Crippen LogP contribution in [-0.4, -0.2) is 66.5 Å². The van der Waals surface area contributed by atoms with Crippen molar-refractivity contribution in [1.82, 2.24) is 14.8 Å². The molecule has 0 saturated carbocycles. The maximum atomic E-state index is 12.8. The lowest BCUT2D eigenvalue weighted by Crippen LogP contribution is -2.48. The molecule has 3 heterocycles. The number of aromatic nitrogens is 1. The first-order valence-electron chi connectivity index (χ1n) is 10.2. The minimum Gasteiger partial charge on any atom is -0.357 e. The summed E-state index contributed by atoms with van der Waals surface area (Å²) in [6, 6.07) is 14.3. The molecule has 0 atom stereocenters. The molecule has 4 rings (SSSR count). The molecule has 2 saturated heterocycles. The molecule has 0 spiro atoms. The van der Waals surface area contributed by atoms with E-state index in [1.165, 1.54) is 18.4 Å². The van der Waals surface area contributed by atoms with Gasteiger partial charge in [-0.2, -0.15) is 0 Å². The van der Waals surface area contributed by atoms with Crippen LogP contribution in [0.25, 0.3) is 6.08 Å². The normalized spacial score (nSPS) is 18.1. The van der Waals surface area contributed by atoms with Crippen molar-refractivity contribution in [3.8, 4) is 0 Å². The van der Waals surface area contributed by atoms with Crippen LogP contribution in [0, 0.1) is 0 Å². The van der Waals surface area contributed by atoms with Gasteiger partial charge in [0.25, 0.3) is 5.91 Å². The number of anilines is 1. The number of carbonyl (C=O) groups is 1. The van der Waals surface area contributed by atoms with E-state index in [9.17, 15) is 4.79 Å². The molecule has 0 aliphatic carbocycles. The minimum absolute atomic E-state index is 0.0972. The zero-order valence-corrected chi connectivity index (χ0v) is 16.3. The second kappa shape index (κ2) is 9.02. The van der Waals surface area contributed by atoms with E-state index in [0.29, 0.717) is 5.56 Å². The van der Waals surface area contributed by atoms with Gasteiger partial charge in [-0.05, 0) is 30.5 Å². The molecule has 2 aliphatic heterocycles. The van der Waals surface area contributed by atoms with Crippen LogP contribution in [0.2, 0.25) is 0 Å². The van der Waals surface area contributed by atoms with E-state index in [0.717, 1.165) is 51.6 Å². The summed E-state index contributed by atoms with van der Waals surface area (Å²) in [5.74, 6) is 1.09. The van der Waals surface area contributed by atoms with Crippen molar-refractivity contribution >= 4 is 17.8 Å². The molecule has 1 aromatic carbocycles. The molecule has 0 unspecified atom stereocenters. The smallest absolute Gasteiger partial charge is 0.255 e. The standard InChI is InChI=1S/C23H28N4O/c28-23(21-10-11-22(24-19-21)26-13-4-5-14-26)27-17-15-25(16-18-27)12-6-9-20-7-2-1-3-8-20/h1-3,6-11,19H,4-5,12-18H2/b9-6+. The van der Waals surface area contributed by atoms with Crippen LogP contribution in [0.5, 0.6) is 0 Å². The average Bonchev–Trinajstić information content (AvgIpc) is 3.30. The molecule has 2 aliphatic rings. The van der Waals surface area contributed by atoms with Crippen molar-refractivity contribution in [2.75, 3.05) is 50.7 Å². The number of hydrogen-bond acceptors (Lipinski definition) is 4. The van der Waals surface area contributed by atoms with Crippen LogP contribution in [0.15, 0.2) is 54.7 Å². The summed E-state index contributed by atoms with van der Waals surface area (Å²) in [5, 5.41) is 0. The van der Waals surface area contributed by atoms with E-state index in [2.05, 4.69) is 51.2 Å². The summed E-state index contributed by atoms with van der Waals surface area (Å²) in [6.45, 7) is 6.41. The molecule has 0 N–H and O–H groups in total. The summed E-state index contributed by atoms with van der Waals surface area (Å²) in [7, 11) is 0. The highest BCUT2D eigenvalue weighted by atomic mass is 16.2. The van der Waals surface area contributed by atoms with Crippen molar-refractivity contribution in [3.63, 3.8) is 0 Å². The second-order valence-electron chi connectivity index (χ2n) is 7.51. The van der Waals surface area contributed by atoms with Gasteiger partial charge < -0.3 is 9.80 Å². The van der Waals surface area contributed by atoms with E-state index in [1.54, 1.807) is 6.20 Å². The summed E-state index contributed by atoms with van der Waals surface area (Å²) in [6.07, 6.45) is 8.56. The zero-order chi connectivity index (χ0) is 19.2. The van der Waals surface area contributed by atoms with Crippen molar-refractivity contribution in [2.45, 2.75) is 12.8 Å². The van der Waals surface area contributed by atoms with Crippen molar-refractivity contribution in [3.05, 3.63) is 65.9 Å². The Bertz CT molecular complexity index is 789. The van der Waals surface area contributed by atoms with Crippen LogP contribution < -0.4 is 4.90 Å². The lowest BCUT2D eigenvalue weighted by atomic mass is 10.2. The Labute approximate surface area is 167 Å². The van der Waals surface area contributed by atoms with E-state index in [-0.39, 0.29) is 5.91 Å². The molecular formula is C23H28N4O. The van der Waals surface area contributed by atoms with Gasteiger partial charge in [0.15, 0.2) is 0 Å². The van der Waals surface area contributed by atoms with Gasteiger partial charge in [-0.15, -0.1) is 0 Å². The van der Waals surface area contributed by atoms with Crippen LogP contribution >= 0.6 is 0 Å². The first-order chi connectivity index (χ1) is 13.8. The quantitative estimate of drug-likeness (QED) is 0.804. The number of hydrogen-bond donors (Lipinski definition) is 0. The molecule has 2 fully saturated rings. The number of pyridine rings is 1. The average molecular weight is 377 g/mol. The SMILES string of the molecule is O=C(c1ccc(N2CCCC2)nc1)N1CCN(C/C=C/c2ccccc2)CC1. The Morgan fingerprint density at radius 3 is 2.36 bits per heavy atom. The summed E-state index contributed by atoms with van der Waals surface area (Å²) >= 11 is 0. The third kappa shape index (κ3) is 4.60. The van der Waals surface area contributed by atoms with E-state index in [1.807, 2.05) is 23.1 Å². The van der Waals surface area contributed by atoms with Crippen LogP contribution in [0.4, 0.5) is 5.82 Å². The molecule has 5 nitrogen and oxygen atoms in total. The van der Waals surface area contributed by atoms with Gasteiger partial charge in [-0.3, -0.25) is 9.69 Å². The fraction of sp³-hybridized carbons (Fsp3) is 0.391. The van der Waals surface area contributed by atoms with Gasteiger partial charge >= 0.3 is 0 Å². The molecule has 28 heavy (non-hydrogen) atoms. The highest BCUT2D eigenvalue weighted by Gasteiger charge is 2.22. The molecule has 1 amide bonds. The van der Waals surface area contributed by atoms with Gasteiger partial charge in [0.2, 0.25) is 0 Å². The predicted octanol–water partition coefficient (Wildman–Crippen LogP) is 3.15. The molecule has 1 aromatic heterocycles. The topological polar surface area (TPSA) is 39.7 Å². The molecule has 146 valence electrons. The number of nitrogens with zero attached hydrogens (tertiary/aromatic N) is 4. The summed E-state index contributed by atoms with van der Waals surface area (Å²) in [4.78, 5) is 23.9. The third-order valence-corrected chi connectivity index (χ3v) is 5.56. The highest BCUT2D eigenvalue weighted by Crippen LogP contribution is 2.18. The molecule has 0 radical (unpaired) electrons. The van der Waals surface area contributed by atoms with Gasteiger partial charge in [0.1, 0.15) is 5.82 Å². The largest absolute Gasteiger partial charge is 0.357 e. The minimum atomic E-state index is 0.0972. The lowest BCUT2D eigenvalue weighted by molar-refractivity contribution is 0.0650. The van der Waals surface area contributed by atoms with Crippen LogP contribution in [-0.2, 0) is 0 Å². The second-order valence-corrected chi connectivity index (χ2v) is 7.51. The Hall–Kier alpha value is -2.66. The first-order valence-corrected chi connectivity index (χ1v) is 10.2. The van der Waals surface area contributed by atoms with E-state index in [4.69, 9.17) is 0 Å². The lowest BCUT2D eigenvalue weighted by Gasteiger charge is -2.34. The third-order valence-electron chi connectivity index (χ3n) is 5.56. The maximum absolute atomic E-state index is 12.8. The Morgan fingerprint density at radius 2 is 1.68 bits per heavy atom. The first kappa shape index (κ1) is 18.7. The molecular weight excluding hydrogens is 348 g/mol. The summed E-state index contributed by atoms with van der Waals surface area (Å²) in [5.41, 5.74) is 1.92. The number of piperazine rings is 1. The Kier molecular flexibility index (Phi) is 6.02. The molecule has 5 heteroatoms. The van der Waals surface area contributed by atoms with Crippen LogP contribution in [0.1, 0.15) is 28.8 Å². The van der Waals surface area contributed by atoms with Gasteiger partial charge in [0, 0.05) is 52.0 Å². The van der Waals surface area contributed by atoms with Gasteiger partial charge in [-0.1, -0.05) is 42.5 Å². The summed E-state index contributed by atoms with van der Waals surface area (Å²) < 4.78 is 0. The Morgan fingerprint density at radius 1 is 0.929 bits per heavy atom. The number of rotatable bonds is 5. The molecule has 0 bridgehead atoms. The number of amides is 1. The number of benzene rings is 1. The predicted molar refractivity (Wildman–Crippen MR) is 114 cm³/mol. The maximum Gasteiger partial charge on any atom is 0.255 e. The highest BCUT2D eigenvalue weighted by molar-refractivity contribution is 5.94. The van der Waals surface area contributed by atoms with Crippen molar-refractivity contribution in [1.29, 1.82) is 0 Å². The van der Waals surface area contributed by atoms with E-state index >= 15 is 0 Å². The van der Waals surface area contributed by atoms with Crippen molar-refractivity contribution in [2.24, 2.45) is 0 Å². The van der Waals surface area contributed by atoms with Gasteiger partial charge in [-0.25, -0.2) is 4.98 Å².